The van der Waals surface area contributed by atoms with Crippen LogP contribution >= 0.6 is 0 Å². The van der Waals surface area contributed by atoms with E-state index in [-0.39, 0.29) is 17.0 Å². The number of nitrogens with zero attached hydrogens (tertiary/aromatic N) is 1. The molecule has 0 unspecified atom stereocenters. The highest BCUT2D eigenvalue weighted by Crippen LogP contribution is 2.10. The smallest absolute Gasteiger partial charge is 0.328 e. The van der Waals surface area contributed by atoms with Gasteiger partial charge in [-0.1, -0.05) is 0 Å². The molecule has 0 bridgehead atoms. The number of amides is 1. The van der Waals surface area contributed by atoms with Crippen LogP contribution in [-0.4, -0.2) is 34.1 Å². The molecule has 0 fully saturated rings. The average Bonchev–Trinajstić information content (AvgIpc) is 2.40. The largest absolute Gasteiger partial charge is 0.351 e. The van der Waals surface area contributed by atoms with Crippen LogP contribution in [0.3, 0.4) is 0 Å². The lowest BCUT2D eigenvalue weighted by molar-refractivity contribution is -0.116. The Morgan fingerprint density at radius 1 is 1.17 bits per heavy atom. The molecule has 7 nitrogen and oxygen atoms in total. The predicted octanol–water partition coefficient (Wildman–Crippen LogP) is 0.809. The molecule has 0 spiro atoms. The minimum Gasteiger partial charge on any atom is -0.351 e. The molecular formula is C17H28N4O3. The zero-order chi connectivity index (χ0) is 18.5. The maximum absolute atomic E-state index is 11.8. The minimum absolute atomic E-state index is 0.00544. The van der Waals surface area contributed by atoms with Gasteiger partial charge in [-0.2, -0.15) is 0 Å². The Balaban J connectivity index is 2.75. The normalized spacial score (nSPS) is 12.6. The number of carbonyl (C=O) groups excluding carboxylic acids is 1. The van der Waals surface area contributed by atoms with Crippen LogP contribution in [-0.2, 0) is 10.3 Å². The standard InChI is InChI=1S/C17H28N4O3/c1-16(2,3)19-10-9-18-13(22)8-7-12-11-21(17(4,5)6)15(24)20-14(12)23/h7-8,11,19H,9-10H2,1-6H3,(H,18,22)(H,20,23,24)/b8-7+. The lowest BCUT2D eigenvalue weighted by Gasteiger charge is -2.21. The molecule has 134 valence electrons. The third-order valence-corrected chi connectivity index (χ3v) is 3.19. The summed E-state index contributed by atoms with van der Waals surface area (Å²) in [6.45, 7) is 12.8. The fraction of sp³-hybridized carbons (Fsp3) is 0.588. The first kappa shape index (κ1) is 19.9. The summed E-state index contributed by atoms with van der Waals surface area (Å²) in [6, 6.07) is 0. The van der Waals surface area contributed by atoms with Crippen molar-refractivity contribution in [3.8, 4) is 0 Å². The van der Waals surface area contributed by atoms with Gasteiger partial charge < -0.3 is 10.6 Å². The fourth-order valence-corrected chi connectivity index (χ4v) is 1.95. The number of hydrogen-bond donors (Lipinski definition) is 3. The van der Waals surface area contributed by atoms with Crippen molar-refractivity contribution in [2.45, 2.75) is 52.6 Å². The Morgan fingerprint density at radius 2 is 1.79 bits per heavy atom. The number of aromatic amines is 1. The summed E-state index contributed by atoms with van der Waals surface area (Å²) in [4.78, 5) is 37.7. The maximum atomic E-state index is 11.8. The SMILES string of the molecule is CC(C)(C)NCCNC(=O)/C=C/c1cn(C(C)(C)C)c(=O)[nH]c1=O. The summed E-state index contributed by atoms with van der Waals surface area (Å²) >= 11 is 0. The van der Waals surface area contributed by atoms with E-state index >= 15 is 0 Å². The van der Waals surface area contributed by atoms with Gasteiger partial charge in [-0.15, -0.1) is 0 Å². The Labute approximate surface area is 142 Å². The highest BCUT2D eigenvalue weighted by Gasteiger charge is 2.16. The summed E-state index contributed by atoms with van der Waals surface area (Å²) in [6.07, 6.45) is 4.16. The van der Waals surface area contributed by atoms with E-state index in [1.807, 2.05) is 41.5 Å². The maximum Gasteiger partial charge on any atom is 0.328 e. The average molecular weight is 336 g/mol. The molecule has 1 heterocycles. The van der Waals surface area contributed by atoms with E-state index in [9.17, 15) is 14.4 Å². The Morgan fingerprint density at radius 3 is 2.33 bits per heavy atom. The van der Waals surface area contributed by atoms with Gasteiger partial charge in [-0.3, -0.25) is 19.1 Å². The highest BCUT2D eigenvalue weighted by atomic mass is 16.2. The van der Waals surface area contributed by atoms with Crippen molar-refractivity contribution in [1.82, 2.24) is 20.2 Å². The zero-order valence-corrected chi connectivity index (χ0v) is 15.3. The molecule has 24 heavy (non-hydrogen) atoms. The quantitative estimate of drug-likeness (QED) is 0.548. The number of carbonyl (C=O) groups is 1. The molecule has 7 heteroatoms. The van der Waals surface area contributed by atoms with Crippen LogP contribution in [0.25, 0.3) is 6.08 Å². The monoisotopic (exact) mass is 336 g/mol. The lowest BCUT2D eigenvalue weighted by Crippen LogP contribution is -2.41. The van der Waals surface area contributed by atoms with Gasteiger partial charge in [0.1, 0.15) is 0 Å². The van der Waals surface area contributed by atoms with E-state index in [0.717, 1.165) is 0 Å². The van der Waals surface area contributed by atoms with Crippen LogP contribution in [0.1, 0.15) is 47.1 Å². The van der Waals surface area contributed by atoms with Gasteiger partial charge in [-0.05, 0) is 47.6 Å². The van der Waals surface area contributed by atoms with Gasteiger partial charge in [0.05, 0.1) is 5.56 Å². The Hall–Kier alpha value is -2.15. The molecule has 1 amide bonds. The van der Waals surface area contributed by atoms with Crippen molar-refractivity contribution < 1.29 is 4.79 Å². The van der Waals surface area contributed by atoms with E-state index in [4.69, 9.17) is 0 Å². The molecular weight excluding hydrogens is 308 g/mol. The van der Waals surface area contributed by atoms with Crippen molar-refractivity contribution in [3.05, 3.63) is 38.7 Å². The molecule has 0 saturated heterocycles. The number of nitrogens with one attached hydrogen (secondary N) is 3. The van der Waals surface area contributed by atoms with Crippen molar-refractivity contribution >= 4 is 12.0 Å². The fourth-order valence-electron chi connectivity index (χ4n) is 1.95. The molecule has 0 atom stereocenters. The molecule has 0 saturated carbocycles. The molecule has 0 aromatic carbocycles. The Bertz CT molecular complexity index is 715. The van der Waals surface area contributed by atoms with Gasteiger partial charge in [0, 0.05) is 36.4 Å². The molecule has 3 N–H and O–H groups in total. The first-order chi connectivity index (χ1) is 10.9. The van der Waals surface area contributed by atoms with Crippen LogP contribution in [0.5, 0.6) is 0 Å². The van der Waals surface area contributed by atoms with Gasteiger partial charge in [-0.25, -0.2) is 4.79 Å². The number of rotatable bonds is 5. The molecule has 0 aliphatic carbocycles. The summed E-state index contributed by atoms with van der Waals surface area (Å²) in [7, 11) is 0. The highest BCUT2D eigenvalue weighted by molar-refractivity contribution is 5.91. The van der Waals surface area contributed by atoms with E-state index in [0.29, 0.717) is 13.1 Å². The summed E-state index contributed by atoms with van der Waals surface area (Å²) in [5.74, 6) is -0.293. The van der Waals surface area contributed by atoms with E-state index < -0.39 is 16.8 Å². The van der Waals surface area contributed by atoms with Gasteiger partial charge in [0.2, 0.25) is 5.91 Å². The summed E-state index contributed by atoms with van der Waals surface area (Å²) < 4.78 is 1.43. The van der Waals surface area contributed by atoms with Crippen LogP contribution in [0.15, 0.2) is 21.9 Å². The van der Waals surface area contributed by atoms with Crippen molar-refractivity contribution in [2.75, 3.05) is 13.1 Å². The Kier molecular flexibility index (Phi) is 6.31. The van der Waals surface area contributed by atoms with Crippen LogP contribution in [0.2, 0.25) is 0 Å². The number of hydrogen-bond acceptors (Lipinski definition) is 4. The van der Waals surface area contributed by atoms with E-state index in [2.05, 4.69) is 15.6 Å². The second-order valence-electron chi connectivity index (χ2n) is 7.69. The predicted molar refractivity (Wildman–Crippen MR) is 96.1 cm³/mol. The van der Waals surface area contributed by atoms with Gasteiger partial charge in [0.25, 0.3) is 5.56 Å². The first-order valence-corrected chi connectivity index (χ1v) is 7.97. The number of aromatic nitrogens is 2. The van der Waals surface area contributed by atoms with Gasteiger partial charge in [0.15, 0.2) is 0 Å². The molecule has 0 aliphatic heterocycles. The second kappa shape index (κ2) is 7.61. The van der Waals surface area contributed by atoms with Crippen LogP contribution in [0.4, 0.5) is 0 Å². The third-order valence-electron chi connectivity index (χ3n) is 3.19. The molecule has 1 aromatic heterocycles. The van der Waals surface area contributed by atoms with E-state index in [1.54, 1.807) is 0 Å². The second-order valence-corrected chi connectivity index (χ2v) is 7.69. The summed E-state index contributed by atoms with van der Waals surface area (Å²) in [5, 5.41) is 5.99. The van der Waals surface area contributed by atoms with Gasteiger partial charge >= 0.3 is 5.69 Å². The summed E-state index contributed by atoms with van der Waals surface area (Å²) in [5.41, 5.74) is -1.20. The minimum atomic E-state index is -0.515. The van der Waals surface area contributed by atoms with Crippen molar-refractivity contribution in [1.29, 1.82) is 0 Å². The topological polar surface area (TPSA) is 96.0 Å². The molecule has 1 rings (SSSR count). The zero-order valence-electron chi connectivity index (χ0n) is 15.3. The van der Waals surface area contributed by atoms with Crippen LogP contribution < -0.4 is 21.9 Å². The third kappa shape index (κ3) is 6.54. The number of H-pyrrole nitrogens is 1. The molecule has 0 radical (unpaired) electrons. The van der Waals surface area contributed by atoms with Crippen molar-refractivity contribution in [2.24, 2.45) is 0 Å². The lowest BCUT2D eigenvalue weighted by atomic mass is 10.1. The van der Waals surface area contributed by atoms with E-state index in [1.165, 1.54) is 22.9 Å². The molecule has 0 aliphatic rings. The van der Waals surface area contributed by atoms with Crippen LogP contribution in [0, 0.1) is 0 Å². The van der Waals surface area contributed by atoms with Crippen molar-refractivity contribution in [3.63, 3.8) is 0 Å². The first-order valence-electron chi connectivity index (χ1n) is 7.97. The molecule has 1 aromatic rings.